The molecule has 1 N–H and O–H groups in total. The van der Waals surface area contributed by atoms with Gasteiger partial charge in [0.25, 0.3) is 0 Å². The third kappa shape index (κ3) is 2.12. The first-order valence-electron chi connectivity index (χ1n) is 5.31. The van der Waals surface area contributed by atoms with Crippen LogP contribution in [0.25, 0.3) is 0 Å². The standard InChI is InChI=1S/C12H17NS/c1-2-11-12(13-8-9-14-11)10-6-4-3-5-7-10/h3-7,11-13H,2,8-9H2,1H3. The summed E-state index contributed by atoms with van der Waals surface area (Å²) < 4.78 is 0. The SMILES string of the molecule is CCC1SCCNC1c1ccccc1. The van der Waals surface area contributed by atoms with Gasteiger partial charge in [0.05, 0.1) is 0 Å². The van der Waals surface area contributed by atoms with Gasteiger partial charge in [0.1, 0.15) is 0 Å². The zero-order chi connectivity index (χ0) is 9.80. The number of thioether (sulfide) groups is 1. The molecule has 0 aliphatic carbocycles. The van der Waals surface area contributed by atoms with E-state index in [2.05, 4.69) is 54.3 Å². The van der Waals surface area contributed by atoms with E-state index in [1.54, 1.807) is 0 Å². The zero-order valence-electron chi connectivity index (χ0n) is 8.57. The van der Waals surface area contributed by atoms with Crippen LogP contribution in [0.3, 0.4) is 0 Å². The number of benzene rings is 1. The summed E-state index contributed by atoms with van der Waals surface area (Å²) in [5.41, 5.74) is 1.44. The molecule has 76 valence electrons. The van der Waals surface area contributed by atoms with Crippen LogP contribution in [-0.2, 0) is 0 Å². The lowest BCUT2D eigenvalue weighted by Gasteiger charge is -2.31. The van der Waals surface area contributed by atoms with Gasteiger partial charge in [-0.15, -0.1) is 0 Å². The first-order valence-corrected chi connectivity index (χ1v) is 6.36. The van der Waals surface area contributed by atoms with Crippen LogP contribution in [0.4, 0.5) is 0 Å². The fourth-order valence-corrected chi connectivity index (χ4v) is 3.22. The molecule has 1 heterocycles. The van der Waals surface area contributed by atoms with Crippen LogP contribution in [0.2, 0.25) is 0 Å². The molecule has 1 fully saturated rings. The predicted octanol–water partition coefficient (Wildman–Crippen LogP) is 2.84. The van der Waals surface area contributed by atoms with E-state index in [0.717, 1.165) is 11.8 Å². The molecule has 1 nitrogen and oxygen atoms in total. The monoisotopic (exact) mass is 207 g/mol. The Morgan fingerprint density at radius 2 is 2.14 bits per heavy atom. The second-order valence-corrected chi connectivity index (χ2v) is 5.01. The number of hydrogen-bond acceptors (Lipinski definition) is 2. The molecule has 2 heteroatoms. The molecule has 1 aromatic rings. The van der Waals surface area contributed by atoms with Crippen molar-refractivity contribution in [2.75, 3.05) is 12.3 Å². The molecule has 0 bridgehead atoms. The average molecular weight is 207 g/mol. The van der Waals surface area contributed by atoms with Crippen molar-refractivity contribution in [3.05, 3.63) is 35.9 Å². The minimum absolute atomic E-state index is 0.556. The van der Waals surface area contributed by atoms with Crippen molar-refractivity contribution in [3.8, 4) is 0 Å². The van der Waals surface area contributed by atoms with E-state index in [1.165, 1.54) is 17.7 Å². The third-order valence-corrected chi connectivity index (χ3v) is 4.20. The molecule has 0 radical (unpaired) electrons. The van der Waals surface area contributed by atoms with E-state index in [1.807, 2.05) is 0 Å². The smallest absolute Gasteiger partial charge is 0.0440 e. The molecule has 0 amide bonds. The van der Waals surface area contributed by atoms with Crippen molar-refractivity contribution in [1.82, 2.24) is 5.32 Å². The van der Waals surface area contributed by atoms with Crippen molar-refractivity contribution >= 4 is 11.8 Å². The maximum Gasteiger partial charge on any atom is 0.0440 e. The second-order valence-electron chi connectivity index (χ2n) is 3.66. The van der Waals surface area contributed by atoms with Crippen molar-refractivity contribution < 1.29 is 0 Å². The highest BCUT2D eigenvalue weighted by Gasteiger charge is 2.24. The molecule has 2 rings (SSSR count). The number of hydrogen-bond donors (Lipinski definition) is 1. The van der Waals surface area contributed by atoms with Gasteiger partial charge in [-0.05, 0) is 12.0 Å². The molecule has 0 saturated carbocycles. The Bertz CT molecular complexity index is 273. The molecular weight excluding hydrogens is 190 g/mol. The lowest BCUT2D eigenvalue weighted by Crippen LogP contribution is -2.36. The molecule has 2 unspecified atom stereocenters. The van der Waals surface area contributed by atoms with E-state index >= 15 is 0 Å². The van der Waals surface area contributed by atoms with Crippen molar-refractivity contribution in [2.24, 2.45) is 0 Å². The highest BCUT2D eigenvalue weighted by molar-refractivity contribution is 8.00. The second kappa shape index (κ2) is 4.85. The maximum absolute atomic E-state index is 3.62. The van der Waals surface area contributed by atoms with Crippen LogP contribution in [0.1, 0.15) is 24.9 Å². The Labute approximate surface area is 90.3 Å². The summed E-state index contributed by atoms with van der Waals surface area (Å²) in [7, 11) is 0. The van der Waals surface area contributed by atoms with E-state index in [-0.39, 0.29) is 0 Å². The molecule has 0 aromatic heterocycles. The third-order valence-electron chi connectivity index (χ3n) is 2.73. The van der Waals surface area contributed by atoms with Gasteiger partial charge in [0.15, 0.2) is 0 Å². The van der Waals surface area contributed by atoms with Crippen molar-refractivity contribution in [1.29, 1.82) is 0 Å². The molecule has 2 atom stereocenters. The highest BCUT2D eigenvalue weighted by atomic mass is 32.2. The summed E-state index contributed by atoms with van der Waals surface area (Å²) in [4.78, 5) is 0. The molecule has 1 saturated heterocycles. The minimum atomic E-state index is 0.556. The van der Waals surface area contributed by atoms with Gasteiger partial charge in [-0.25, -0.2) is 0 Å². The molecule has 1 aliphatic rings. The Kier molecular flexibility index (Phi) is 3.49. The first-order chi connectivity index (χ1) is 6.92. The summed E-state index contributed by atoms with van der Waals surface area (Å²) in [5.74, 6) is 1.25. The van der Waals surface area contributed by atoms with Crippen LogP contribution < -0.4 is 5.32 Å². The number of nitrogens with one attached hydrogen (secondary N) is 1. The van der Waals surface area contributed by atoms with Gasteiger partial charge in [-0.3, -0.25) is 0 Å². The molecule has 14 heavy (non-hydrogen) atoms. The lowest BCUT2D eigenvalue weighted by atomic mass is 10.0. The lowest BCUT2D eigenvalue weighted by molar-refractivity contribution is 0.508. The van der Waals surface area contributed by atoms with E-state index in [4.69, 9.17) is 0 Å². The molecule has 0 spiro atoms. The summed E-state index contributed by atoms with van der Waals surface area (Å²) in [6.07, 6.45) is 1.25. The zero-order valence-corrected chi connectivity index (χ0v) is 9.39. The number of rotatable bonds is 2. The summed E-state index contributed by atoms with van der Waals surface area (Å²) in [6.45, 7) is 3.42. The van der Waals surface area contributed by atoms with Crippen molar-refractivity contribution in [3.63, 3.8) is 0 Å². The van der Waals surface area contributed by atoms with Crippen molar-refractivity contribution in [2.45, 2.75) is 24.6 Å². The van der Waals surface area contributed by atoms with Crippen LogP contribution in [0.5, 0.6) is 0 Å². The van der Waals surface area contributed by atoms with E-state index < -0.39 is 0 Å². The van der Waals surface area contributed by atoms with E-state index in [0.29, 0.717) is 6.04 Å². The highest BCUT2D eigenvalue weighted by Crippen LogP contribution is 2.31. The summed E-state index contributed by atoms with van der Waals surface area (Å²) in [5, 5.41) is 4.36. The van der Waals surface area contributed by atoms with Gasteiger partial charge < -0.3 is 5.32 Å². The predicted molar refractivity (Wildman–Crippen MR) is 63.7 cm³/mol. The molecular formula is C12H17NS. The van der Waals surface area contributed by atoms with Gasteiger partial charge in [-0.2, -0.15) is 11.8 Å². The van der Waals surface area contributed by atoms with Gasteiger partial charge in [0, 0.05) is 23.6 Å². The normalized spacial score (nSPS) is 27.5. The van der Waals surface area contributed by atoms with Crippen LogP contribution in [0, 0.1) is 0 Å². The van der Waals surface area contributed by atoms with Gasteiger partial charge in [0.2, 0.25) is 0 Å². The summed E-state index contributed by atoms with van der Waals surface area (Å²) in [6, 6.07) is 11.4. The quantitative estimate of drug-likeness (QED) is 0.800. The molecule has 1 aromatic carbocycles. The Morgan fingerprint density at radius 1 is 1.36 bits per heavy atom. The van der Waals surface area contributed by atoms with Gasteiger partial charge >= 0.3 is 0 Å². The van der Waals surface area contributed by atoms with Crippen LogP contribution >= 0.6 is 11.8 Å². The van der Waals surface area contributed by atoms with Crippen LogP contribution in [0.15, 0.2) is 30.3 Å². The fraction of sp³-hybridized carbons (Fsp3) is 0.500. The summed E-state index contributed by atoms with van der Waals surface area (Å²) >= 11 is 2.10. The topological polar surface area (TPSA) is 12.0 Å². The molecule has 1 aliphatic heterocycles. The largest absolute Gasteiger partial charge is 0.308 e. The minimum Gasteiger partial charge on any atom is -0.308 e. The first kappa shape index (κ1) is 10.1. The Balaban J connectivity index is 2.15. The Morgan fingerprint density at radius 3 is 2.86 bits per heavy atom. The fourth-order valence-electron chi connectivity index (χ4n) is 2.00. The van der Waals surface area contributed by atoms with Crippen LogP contribution in [-0.4, -0.2) is 17.5 Å². The van der Waals surface area contributed by atoms with Gasteiger partial charge in [-0.1, -0.05) is 37.3 Å². The Hall–Kier alpha value is -0.470. The average Bonchev–Trinajstić information content (AvgIpc) is 2.30. The maximum atomic E-state index is 3.62. The van der Waals surface area contributed by atoms with E-state index in [9.17, 15) is 0 Å².